The average Bonchev–Trinajstić information content (AvgIpc) is 3.45. The molecule has 5 rings (SSSR count). The Kier molecular flexibility index (Phi) is 9.51. The topological polar surface area (TPSA) is 151 Å². The first-order valence-corrected chi connectivity index (χ1v) is 16.1. The smallest absolute Gasteiger partial charge is 0.333 e. The highest BCUT2D eigenvalue weighted by atomic mass is 35.5. The van der Waals surface area contributed by atoms with Gasteiger partial charge in [-0.2, -0.15) is 0 Å². The summed E-state index contributed by atoms with van der Waals surface area (Å²) in [5.74, 6) is -1.34. The van der Waals surface area contributed by atoms with Crippen LogP contribution in [0.25, 0.3) is 16.5 Å². The van der Waals surface area contributed by atoms with Crippen molar-refractivity contribution in [3.05, 3.63) is 80.8 Å². The molecule has 4 aromatic rings. The Labute approximate surface area is 260 Å². The zero-order valence-electron chi connectivity index (χ0n) is 23.4. The van der Waals surface area contributed by atoms with Crippen molar-refractivity contribution in [1.29, 1.82) is 0 Å². The molecule has 0 spiro atoms. The number of halogens is 2. The van der Waals surface area contributed by atoms with Crippen molar-refractivity contribution in [1.82, 2.24) is 19.5 Å². The molecule has 4 N–H and O–H groups in total. The van der Waals surface area contributed by atoms with Crippen LogP contribution in [0, 0.1) is 5.82 Å². The fourth-order valence-electron chi connectivity index (χ4n) is 4.65. The lowest BCUT2D eigenvalue weighted by Crippen LogP contribution is -2.41. The quantitative estimate of drug-likeness (QED) is 0.213. The molecule has 3 heterocycles. The van der Waals surface area contributed by atoms with Crippen LogP contribution >= 0.6 is 22.9 Å². The molecule has 0 unspecified atom stereocenters. The molecular formula is C28H28ClFN6O6S2. The predicted octanol–water partition coefficient (Wildman–Crippen LogP) is 3.46. The molecule has 2 aromatic heterocycles. The van der Waals surface area contributed by atoms with Crippen molar-refractivity contribution < 1.29 is 27.1 Å². The van der Waals surface area contributed by atoms with Gasteiger partial charge in [0.2, 0.25) is 0 Å². The van der Waals surface area contributed by atoms with Crippen LogP contribution in [0.4, 0.5) is 20.6 Å². The van der Waals surface area contributed by atoms with Gasteiger partial charge in [-0.3, -0.25) is 19.1 Å². The van der Waals surface area contributed by atoms with Crippen LogP contribution in [0.3, 0.4) is 0 Å². The Morgan fingerprint density at radius 3 is 2.48 bits per heavy atom. The number of benzene rings is 2. The van der Waals surface area contributed by atoms with Crippen LogP contribution < -0.4 is 26.2 Å². The van der Waals surface area contributed by atoms with E-state index in [1.54, 1.807) is 25.2 Å². The third-order valence-corrected chi connectivity index (χ3v) is 9.93. The Balaban J connectivity index is 1.40. The number of rotatable bonds is 9. The lowest BCUT2D eigenvalue weighted by Gasteiger charge is -2.26. The molecule has 2 aromatic carbocycles. The van der Waals surface area contributed by atoms with Gasteiger partial charge in [0.1, 0.15) is 10.0 Å². The summed E-state index contributed by atoms with van der Waals surface area (Å²) in [4.78, 5) is 41.4. The number of amides is 3. The lowest BCUT2D eigenvalue weighted by atomic mass is 10.1. The van der Waals surface area contributed by atoms with Gasteiger partial charge in [0.05, 0.1) is 28.8 Å². The van der Waals surface area contributed by atoms with E-state index >= 15 is 4.39 Å². The number of nitrogens with zero attached hydrogens (tertiary/aromatic N) is 2. The Bertz CT molecular complexity index is 1890. The first kappa shape index (κ1) is 31.4. The number of anilines is 2. The number of hydrogen-bond acceptors (Lipinski definition) is 9. The molecular weight excluding hydrogens is 635 g/mol. The number of pyridine rings is 1. The Morgan fingerprint density at radius 2 is 1.80 bits per heavy atom. The van der Waals surface area contributed by atoms with E-state index in [0.29, 0.717) is 37.4 Å². The molecule has 12 nitrogen and oxygen atoms in total. The largest absolute Gasteiger partial charge is 0.388 e. The van der Waals surface area contributed by atoms with E-state index in [9.17, 15) is 22.8 Å². The van der Waals surface area contributed by atoms with Crippen molar-refractivity contribution >= 4 is 67.0 Å². The van der Waals surface area contributed by atoms with Gasteiger partial charge < -0.3 is 20.7 Å². The van der Waals surface area contributed by atoms with Crippen molar-refractivity contribution in [3.8, 4) is 5.69 Å². The number of urea groups is 1. The Morgan fingerprint density at radius 1 is 1.05 bits per heavy atom. The second kappa shape index (κ2) is 13.3. The van der Waals surface area contributed by atoms with Crippen molar-refractivity contribution in [2.24, 2.45) is 0 Å². The minimum absolute atomic E-state index is 0.0725. The van der Waals surface area contributed by atoms with Crippen LogP contribution in [-0.2, 0) is 14.8 Å². The Hall–Kier alpha value is -4.02. The molecule has 3 amide bonds. The zero-order valence-corrected chi connectivity index (χ0v) is 25.7. The number of aromatic nitrogens is 1. The van der Waals surface area contributed by atoms with E-state index < -0.39 is 33.3 Å². The minimum atomic E-state index is -4.20. The molecule has 0 bridgehead atoms. The molecule has 16 heteroatoms. The summed E-state index contributed by atoms with van der Waals surface area (Å²) in [6.07, 6.45) is 1.28. The lowest BCUT2D eigenvalue weighted by molar-refractivity contribution is 0.0383. The summed E-state index contributed by atoms with van der Waals surface area (Å²) in [7, 11) is -2.48. The average molecular weight is 663 g/mol. The summed E-state index contributed by atoms with van der Waals surface area (Å²) < 4.78 is 48.5. The molecule has 1 fully saturated rings. The van der Waals surface area contributed by atoms with Gasteiger partial charge in [0.25, 0.3) is 21.5 Å². The van der Waals surface area contributed by atoms with Gasteiger partial charge in [-0.05, 0) is 48.5 Å². The number of fused-ring (bicyclic) bond motifs is 1. The number of carbonyl (C=O) groups is 2. The molecule has 1 aliphatic rings. The van der Waals surface area contributed by atoms with Crippen molar-refractivity contribution in [2.75, 3.05) is 57.1 Å². The number of nitrogens with one attached hydrogen (secondary N) is 4. The SMILES string of the molecule is CNc1ccc2c(=O)n(-c3ccc(NC(=O)NS(=O)(=O)c4ccc(Cl)s4)cc3F)cc(C(=O)NCCN3CCOCC3)c2c1. The predicted molar refractivity (Wildman–Crippen MR) is 167 cm³/mol. The van der Waals surface area contributed by atoms with E-state index in [1.165, 1.54) is 30.5 Å². The number of ether oxygens (including phenoxy) is 1. The van der Waals surface area contributed by atoms with Gasteiger partial charge in [-0.1, -0.05) is 11.6 Å². The van der Waals surface area contributed by atoms with Crippen LogP contribution in [-0.4, -0.2) is 76.3 Å². The van der Waals surface area contributed by atoms with Crippen LogP contribution in [0.15, 0.2) is 63.7 Å². The second-order valence-corrected chi connectivity index (χ2v) is 13.3. The maximum absolute atomic E-state index is 15.4. The van der Waals surface area contributed by atoms with E-state index in [4.69, 9.17) is 16.3 Å². The summed E-state index contributed by atoms with van der Waals surface area (Å²) in [6, 6.07) is 9.89. The number of carbonyl (C=O) groups excluding carboxylic acids is 2. The zero-order chi connectivity index (χ0) is 31.4. The normalized spacial score (nSPS) is 13.9. The molecule has 0 aliphatic carbocycles. The minimum Gasteiger partial charge on any atom is -0.388 e. The first-order valence-electron chi connectivity index (χ1n) is 13.4. The van der Waals surface area contributed by atoms with Crippen LogP contribution in [0.5, 0.6) is 0 Å². The summed E-state index contributed by atoms with van der Waals surface area (Å²) in [6.45, 7) is 3.76. The molecule has 1 saturated heterocycles. The number of morpholine rings is 1. The fourth-order valence-corrected chi connectivity index (χ4v) is 7.04. The highest BCUT2D eigenvalue weighted by molar-refractivity contribution is 7.92. The molecule has 232 valence electrons. The van der Waals surface area contributed by atoms with Crippen molar-refractivity contribution in [3.63, 3.8) is 0 Å². The molecule has 1 aliphatic heterocycles. The van der Waals surface area contributed by atoms with Crippen LogP contribution in [0.1, 0.15) is 10.4 Å². The van der Waals surface area contributed by atoms with Gasteiger partial charge in [0.15, 0.2) is 0 Å². The third-order valence-electron chi connectivity index (χ3n) is 6.87. The molecule has 44 heavy (non-hydrogen) atoms. The third kappa shape index (κ3) is 7.03. The number of hydrogen-bond donors (Lipinski definition) is 4. The molecule has 0 radical (unpaired) electrons. The summed E-state index contributed by atoms with van der Waals surface area (Å²) in [5.41, 5.74) is 0.0331. The van der Waals surface area contributed by atoms with Gasteiger partial charge in [-0.25, -0.2) is 22.3 Å². The highest BCUT2D eigenvalue weighted by Crippen LogP contribution is 2.26. The standard InChI is InChI=1S/C28H28ClFN6O6S2/c1-31-17-2-4-19-20(14-17)21(26(37)32-8-9-35-10-12-42-13-11-35)16-36(27(19)38)23-5-3-18(15-22(23)30)33-28(39)34-44(40,41)25-7-6-24(29)43-25/h2-7,14-16,31H,8-13H2,1H3,(H,32,37)(H2,33,34,39). The number of sulfonamides is 1. The summed E-state index contributed by atoms with van der Waals surface area (Å²) >= 11 is 6.55. The van der Waals surface area contributed by atoms with Gasteiger partial charge >= 0.3 is 6.03 Å². The van der Waals surface area contributed by atoms with E-state index in [-0.39, 0.29) is 30.9 Å². The highest BCUT2D eigenvalue weighted by Gasteiger charge is 2.21. The maximum atomic E-state index is 15.4. The molecule has 0 saturated carbocycles. The van der Waals surface area contributed by atoms with Crippen molar-refractivity contribution in [2.45, 2.75) is 4.21 Å². The van der Waals surface area contributed by atoms with E-state index in [1.807, 2.05) is 4.72 Å². The number of thiophene rings is 1. The van der Waals surface area contributed by atoms with E-state index in [2.05, 4.69) is 20.9 Å². The first-order chi connectivity index (χ1) is 21.1. The maximum Gasteiger partial charge on any atom is 0.333 e. The monoisotopic (exact) mass is 662 g/mol. The fraction of sp³-hybridized carbons (Fsp3) is 0.250. The van der Waals surface area contributed by atoms with Gasteiger partial charge in [-0.15, -0.1) is 11.3 Å². The van der Waals surface area contributed by atoms with Crippen LogP contribution in [0.2, 0.25) is 4.34 Å². The van der Waals surface area contributed by atoms with Gasteiger partial charge in [0, 0.05) is 61.6 Å². The van der Waals surface area contributed by atoms with E-state index in [0.717, 1.165) is 35.1 Å². The summed E-state index contributed by atoms with van der Waals surface area (Å²) in [5, 5.41) is 8.74. The second-order valence-electron chi connectivity index (χ2n) is 9.72. The molecule has 0 atom stereocenters.